The number of hydrogen-bond donors (Lipinski definition) is 2. The van der Waals surface area contributed by atoms with Crippen LogP contribution in [0.2, 0.25) is 5.02 Å². The molecule has 4 nitrogen and oxygen atoms in total. The molecule has 3 rings (SSSR count). The first-order valence-corrected chi connectivity index (χ1v) is 8.94. The zero-order valence-electron chi connectivity index (χ0n) is 13.6. The third kappa shape index (κ3) is 4.76. The molecule has 25 heavy (non-hydrogen) atoms. The van der Waals surface area contributed by atoms with Crippen LogP contribution in [0.1, 0.15) is 23.1 Å². The first-order chi connectivity index (χ1) is 11.7. The lowest BCUT2D eigenvalue weighted by Gasteiger charge is -2.17. The van der Waals surface area contributed by atoms with Gasteiger partial charge in [0.15, 0.2) is 0 Å². The fourth-order valence-electron chi connectivity index (χ4n) is 2.62. The summed E-state index contributed by atoms with van der Waals surface area (Å²) in [6.07, 6.45) is 4.67. The fraction of sp³-hybridized carbons (Fsp3) is 0.278. The van der Waals surface area contributed by atoms with E-state index in [9.17, 15) is 5.11 Å². The number of aliphatic hydroxyl groups is 1. The molecule has 134 valence electrons. The Morgan fingerprint density at radius 1 is 1.32 bits per heavy atom. The van der Waals surface area contributed by atoms with Crippen LogP contribution < -0.4 is 5.73 Å². The van der Waals surface area contributed by atoms with Crippen molar-refractivity contribution in [3.05, 3.63) is 58.3 Å². The summed E-state index contributed by atoms with van der Waals surface area (Å²) in [6.45, 7) is 1.69. The summed E-state index contributed by atoms with van der Waals surface area (Å²) in [5, 5.41) is 10.9. The molecule has 2 heterocycles. The van der Waals surface area contributed by atoms with E-state index in [4.69, 9.17) is 22.1 Å². The third-order valence-electron chi connectivity index (χ3n) is 3.89. The van der Waals surface area contributed by atoms with E-state index in [2.05, 4.69) is 17.1 Å². The lowest BCUT2D eigenvalue weighted by molar-refractivity contribution is 0.161. The third-order valence-corrected chi connectivity index (χ3v) is 5.55. The Kier molecular flexibility index (Phi) is 7.75. The molecule has 0 unspecified atom stereocenters. The van der Waals surface area contributed by atoms with Crippen LogP contribution in [0.5, 0.6) is 0 Å². The molecule has 0 atom stereocenters. The van der Waals surface area contributed by atoms with Gasteiger partial charge < -0.3 is 15.6 Å². The molecule has 1 aliphatic heterocycles. The molecule has 0 spiro atoms. The van der Waals surface area contributed by atoms with Gasteiger partial charge in [0, 0.05) is 23.2 Å². The first kappa shape index (κ1) is 20.2. The smallest absolute Gasteiger partial charge is 0.106 e. The predicted octanol–water partition coefficient (Wildman–Crippen LogP) is 4.06. The highest BCUT2D eigenvalue weighted by Crippen LogP contribution is 2.39. The molecule has 0 aliphatic carbocycles. The second-order valence-corrected chi connectivity index (χ2v) is 6.84. The second-order valence-electron chi connectivity index (χ2n) is 5.43. The van der Waals surface area contributed by atoms with E-state index in [1.807, 2.05) is 18.2 Å². The van der Waals surface area contributed by atoms with Crippen LogP contribution in [-0.4, -0.2) is 23.3 Å². The van der Waals surface area contributed by atoms with Gasteiger partial charge in [0.05, 0.1) is 24.8 Å². The molecule has 0 fully saturated rings. The van der Waals surface area contributed by atoms with Crippen molar-refractivity contribution in [1.29, 1.82) is 0 Å². The van der Waals surface area contributed by atoms with Crippen LogP contribution in [0.25, 0.3) is 5.57 Å². The maximum atomic E-state index is 9.48. The average molecular weight is 399 g/mol. The maximum absolute atomic E-state index is 9.48. The zero-order chi connectivity index (χ0) is 16.9. The lowest BCUT2D eigenvalue weighted by Crippen LogP contribution is -2.06. The first-order valence-electron chi connectivity index (χ1n) is 7.75. The maximum Gasteiger partial charge on any atom is 0.106 e. The Morgan fingerprint density at radius 2 is 2.16 bits per heavy atom. The monoisotopic (exact) mass is 398 g/mol. The standard InChI is InChI=1S/C18H19ClN2O2S.ClH/c19-16-9-14(12-3-6-23-7-4-12)8-15(10-20)17(16)24-18-13(11-22)2-1-5-21-18;/h1-3,5,8-9,22H,4,6-7,10-11,20H2;1H. The highest BCUT2D eigenvalue weighted by Gasteiger charge is 2.15. The number of aromatic nitrogens is 1. The normalized spacial score (nSPS) is 14.0. The molecule has 0 saturated heterocycles. The summed E-state index contributed by atoms with van der Waals surface area (Å²) in [6, 6.07) is 7.73. The number of benzene rings is 1. The summed E-state index contributed by atoms with van der Waals surface area (Å²) in [5.41, 5.74) is 10.0. The number of ether oxygens (including phenoxy) is 1. The molecule has 3 N–H and O–H groups in total. The van der Waals surface area contributed by atoms with Gasteiger partial charge in [-0.15, -0.1) is 12.4 Å². The molecule has 2 aromatic rings. The lowest BCUT2D eigenvalue weighted by atomic mass is 9.99. The number of rotatable bonds is 5. The van der Waals surface area contributed by atoms with E-state index in [0.717, 1.165) is 39.6 Å². The van der Waals surface area contributed by atoms with E-state index < -0.39 is 0 Å². The van der Waals surface area contributed by atoms with Gasteiger partial charge in [-0.25, -0.2) is 4.98 Å². The van der Waals surface area contributed by atoms with Crippen LogP contribution in [0.15, 0.2) is 46.5 Å². The number of nitrogens with two attached hydrogens (primary N) is 1. The van der Waals surface area contributed by atoms with Crippen LogP contribution in [0.3, 0.4) is 0 Å². The van der Waals surface area contributed by atoms with Crippen LogP contribution in [0.4, 0.5) is 0 Å². The molecule has 7 heteroatoms. The van der Waals surface area contributed by atoms with E-state index >= 15 is 0 Å². The van der Waals surface area contributed by atoms with E-state index in [1.54, 1.807) is 6.20 Å². The van der Waals surface area contributed by atoms with Crippen molar-refractivity contribution >= 4 is 41.3 Å². The van der Waals surface area contributed by atoms with Crippen molar-refractivity contribution in [2.45, 2.75) is 29.5 Å². The van der Waals surface area contributed by atoms with Crippen LogP contribution in [-0.2, 0) is 17.9 Å². The number of halogens is 2. The summed E-state index contributed by atoms with van der Waals surface area (Å²) < 4.78 is 5.37. The zero-order valence-corrected chi connectivity index (χ0v) is 16.0. The van der Waals surface area contributed by atoms with Gasteiger partial charge in [-0.05, 0) is 41.3 Å². The number of hydrogen-bond acceptors (Lipinski definition) is 5. The van der Waals surface area contributed by atoms with E-state index in [-0.39, 0.29) is 19.0 Å². The molecule has 0 radical (unpaired) electrons. The van der Waals surface area contributed by atoms with E-state index in [0.29, 0.717) is 18.2 Å². The Morgan fingerprint density at radius 3 is 2.84 bits per heavy atom. The van der Waals surface area contributed by atoms with Gasteiger partial charge >= 0.3 is 0 Å². The summed E-state index contributed by atoms with van der Waals surface area (Å²) in [7, 11) is 0. The number of nitrogens with zero attached hydrogens (tertiary/aromatic N) is 1. The van der Waals surface area contributed by atoms with Crippen LogP contribution in [0, 0.1) is 0 Å². The SMILES string of the molecule is Cl.NCc1cc(C2=CCOCC2)cc(Cl)c1Sc1ncccc1CO. The van der Waals surface area contributed by atoms with Crippen molar-refractivity contribution in [1.82, 2.24) is 4.98 Å². The molecule has 1 aromatic heterocycles. The fourth-order valence-corrected chi connectivity index (χ4v) is 3.98. The summed E-state index contributed by atoms with van der Waals surface area (Å²) in [4.78, 5) is 5.24. The Balaban J connectivity index is 0.00000225. The van der Waals surface area contributed by atoms with Gasteiger partial charge in [-0.3, -0.25) is 0 Å². The van der Waals surface area contributed by atoms with Crippen molar-refractivity contribution in [2.75, 3.05) is 13.2 Å². The highest BCUT2D eigenvalue weighted by atomic mass is 35.5. The predicted molar refractivity (Wildman–Crippen MR) is 104 cm³/mol. The van der Waals surface area contributed by atoms with Gasteiger partial charge in [0.1, 0.15) is 5.03 Å². The molecular weight excluding hydrogens is 379 g/mol. The minimum atomic E-state index is -0.0588. The highest BCUT2D eigenvalue weighted by molar-refractivity contribution is 7.99. The Bertz CT molecular complexity index is 769. The number of pyridine rings is 1. The summed E-state index contributed by atoms with van der Waals surface area (Å²) >= 11 is 8.00. The molecule has 1 aliphatic rings. The number of aliphatic hydroxyl groups excluding tert-OH is 1. The van der Waals surface area contributed by atoms with Gasteiger partial charge in [0.25, 0.3) is 0 Å². The Hall–Kier alpha value is -1.08. The Labute approximate surface area is 162 Å². The quantitative estimate of drug-likeness (QED) is 0.794. The molecule has 1 aromatic carbocycles. The average Bonchev–Trinajstić information content (AvgIpc) is 2.64. The molecule has 0 saturated carbocycles. The van der Waals surface area contributed by atoms with Crippen molar-refractivity contribution < 1.29 is 9.84 Å². The van der Waals surface area contributed by atoms with Crippen molar-refractivity contribution in [2.24, 2.45) is 5.73 Å². The van der Waals surface area contributed by atoms with Gasteiger partial charge in [0.2, 0.25) is 0 Å². The van der Waals surface area contributed by atoms with Gasteiger partial charge in [-0.1, -0.05) is 35.5 Å². The topological polar surface area (TPSA) is 68.4 Å². The van der Waals surface area contributed by atoms with Crippen LogP contribution >= 0.6 is 35.8 Å². The van der Waals surface area contributed by atoms with Gasteiger partial charge in [-0.2, -0.15) is 0 Å². The molecule has 0 amide bonds. The van der Waals surface area contributed by atoms with Crippen molar-refractivity contribution in [3.8, 4) is 0 Å². The van der Waals surface area contributed by atoms with Crippen molar-refractivity contribution in [3.63, 3.8) is 0 Å². The largest absolute Gasteiger partial charge is 0.392 e. The second kappa shape index (κ2) is 9.57. The molecule has 0 bridgehead atoms. The minimum Gasteiger partial charge on any atom is -0.392 e. The minimum absolute atomic E-state index is 0. The molecular formula is C18H20Cl2N2O2S. The van der Waals surface area contributed by atoms with E-state index in [1.165, 1.54) is 17.3 Å². The summed E-state index contributed by atoms with van der Waals surface area (Å²) in [5.74, 6) is 0.